The molecule has 20 heavy (non-hydrogen) atoms. The molecule has 0 aliphatic rings. The van der Waals surface area contributed by atoms with E-state index in [4.69, 9.17) is 16.3 Å². The van der Waals surface area contributed by atoms with Crippen molar-refractivity contribution in [2.45, 2.75) is 0 Å². The van der Waals surface area contributed by atoms with Crippen LogP contribution in [-0.4, -0.2) is 29.7 Å². The van der Waals surface area contributed by atoms with Crippen LogP contribution in [0.4, 0.5) is 0 Å². The van der Waals surface area contributed by atoms with Crippen LogP contribution in [0.15, 0.2) is 41.4 Å². The fourth-order valence-electron chi connectivity index (χ4n) is 1.41. The molecule has 3 heterocycles. The Labute approximate surface area is 126 Å². The number of hydrogen-bond donors (Lipinski definition) is 0. The summed E-state index contributed by atoms with van der Waals surface area (Å²) >= 11 is 9.16. The normalized spacial score (nSPS) is 10.5. The van der Waals surface area contributed by atoms with Crippen molar-refractivity contribution in [1.82, 2.24) is 29.7 Å². The Morgan fingerprint density at radius 1 is 1.20 bits per heavy atom. The van der Waals surface area contributed by atoms with E-state index in [-0.39, 0.29) is 17.2 Å². The highest BCUT2D eigenvalue weighted by Crippen LogP contribution is 2.21. The van der Waals surface area contributed by atoms with E-state index in [0.717, 1.165) is 4.47 Å². The maximum Gasteiger partial charge on any atom is 0.328 e. The van der Waals surface area contributed by atoms with Gasteiger partial charge in [-0.05, 0) is 39.7 Å². The fraction of sp³-hybridized carbons (Fsp3) is 0. The number of nitrogens with zero attached hydrogens (tertiary/aromatic N) is 6. The molecule has 0 amide bonds. The highest BCUT2D eigenvalue weighted by atomic mass is 79.9. The minimum atomic E-state index is 0.0171. The molecule has 0 aliphatic heterocycles. The molecule has 0 atom stereocenters. The largest absolute Gasteiger partial charge is 0.422 e. The van der Waals surface area contributed by atoms with Crippen molar-refractivity contribution in [1.29, 1.82) is 0 Å². The van der Waals surface area contributed by atoms with Gasteiger partial charge in [0.2, 0.25) is 5.28 Å². The number of pyridine rings is 1. The van der Waals surface area contributed by atoms with Crippen molar-refractivity contribution in [2.75, 3.05) is 0 Å². The molecule has 3 aromatic heterocycles. The maximum atomic E-state index is 5.86. The van der Waals surface area contributed by atoms with E-state index in [2.05, 4.69) is 41.0 Å². The minimum absolute atomic E-state index is 0.0171. The van der Waals surface area contributed by atoms with Crippen LogP contribution >= 0.6 is 27.5 Å². The highest BCUT2D eigenvalue weighted by Gasteiger charge is 2.09. The van der Waals surface area contributed by atoms with Crippen molar-refractivity contribution < 1.29 is 4.74 Å². The highest BCUT2D eigenvalue weighted by molar-refractivity contribution is 9.10. The Balaban J connectivity index is 1.94. The molecule has 0 unspecified atom stereocenters. The zero-order valence-electron chi connectivity index (χ0n) is 9.81. The van der Waals surface area contributed by atoms with Crippen LogP contribution < -0.4 is 4.74 Å². The SMILES string of the molecule is Clc1nc(Oc2cncc(Br)c2)nc(-n2cccn2)n1. The van der Waals surface area contributed by atoms with Gasteiger partial charge < -0.3 is 4.74 Å². The zero-order chi connectivity index (χ0) is 13.9. The summed E-state index contributed by atoms with van der Waals surface area (Å²) in [5, 5.41) is 4.04. The van der Waals surface area contributed by atoms with Gasteiger partial charge in [-0.3, -0.25) is 4.98 Å². The molecule has 0 aliphatic carbocycles. The zero-order valence-corrected chi connectivity index (χ0v) is 12.2. The van der Waals surface area contributed by atoms with Crippen LogP contribution in [0.3, 0.4) is 0 Å². The third-order valence-corrected chi connectivity index (χ3v) is 2.78. The number of halogens is 2. The Morgan fingerprint density at radius 2 is 2.10 bits per heavy atom. The Hall–Kier alpha value is -2.06. The first-order valence-electron chi connectivity index (χ1n) is 5.41. The van der Waals surface area contributed by atoms with Gasteiger partial charge in [0.25, 0.3) is 5.95 Å². The second kappa shape index (κ2) is 5.51. The summed E-state index contributed by atoms with van der Waals surface area (Å²) < 4.78 is 7.74. The van der Waals surface area contributed by atoms with E-state index >= 15 is 0 Å². The van der Waals surface area contributed by atoms with Crippen LogP contribution in [0.2, 0.25) is 5.28 Å². The van der Waals surface area contributed by atoms with Crippen LogP contribution in [0.25, 0.3) is 5.95 Å². The summed E-state index contributed by atoms with van der Waals surface area (Å²) in [6, 6.07) is 3.55. The fourth-order valence-corrected chi connectivity index (χ4v) is 1.90. The Kier molecular flexibility index (Phi) is 3.57. The van der Waals surface area contributed by atoms with E-state index in [1.807, 2.05) is 0 Å². The number of aromatic nitrogens is 6. The minimum Gasteiger partial charge on any atom is -0.422 e. The van der Waals surface area contributed by atoms with Gasteiger partial charge in [0, 0.05) is 23.1 Å². The Morgan fingerprint density at radius 3 is 2.85 bits per heavy atom. The van der Waals surface area contributed by atoms with Crippen molar-refractivity contribution in [3.8, 4) is 17.7 Å². The number of hydrogen-bond acceptors (Lipinski definition) is 6. The lowest BCUT2D eigenvalue weighted by atomic mass is 10.5. The van der Waals surface area contributed by atoms with Gasteiger partial charge in [-0.2, -0.15) is 20.1 Å². The molecule has 0 fully saturated rings. The lowest BCUT2D eigenvalue weighted by Gasteiger charge is -2.05. The van der Waals surface area contributed by atoms with Crippen LogP contribution in [0.1, 0.15) is 0 Å². The van der Waals surface area contributed by atoms with Crippen molar-refractivity contribution in [3.05, 3.63) is 46.7 Å². The van der Waals surface area contributed by atoms with Gasteiger partial charge in [0.05, 0.1) is 6.20 Å². The molecule has 0 spiro atoms. The van der Waals surface area contributed by atoms with Gasteiger partial charge >= 0.3 is 6.01 Å². The predicted octanol–water partition coefficient (Wildman–Crippen LogP) is 2.66. The second-order valence-corrected chi connectivity index (χ2v) is 4.83. The first kappa shape index (κ1) is 12.9. The monoisotopic (exact) mass is 352 g/mol. The summed E-state index contributed by atoms with van der Waals surface area (Å²) in [6.45, 7) is 0. The number of ether oxygens (including phenoxy) is 1. The molecule has 0 aromatic carbocycles. The molecule has 7 nitrogen and oxygen atoms in total. The molecule has 3 rings (SSSR count). The van der Waals surface area contributed by atoms with Crippen molar-refractivity contribution in [3.63, 3.8) is 0 Å². The molecule has 3 aromatic rings. The topological polar surface area (TPSA) is 78.6 Å². The second-order valence-electron chi connectivity index (χ2n) is 3.58. The number of rotatable bonds is 3. The van der Waals surface area contributed by atoms with Gasteiger partial charge in [-0.1, -0.05) is 0 Å². The molecule has 0 N–H and O–H groups in total. The van der Waals surface area contributed by atoms with Crippen LogP contribution in [0.5, 0.6) is 11.8 Å². The summed E-state index contributed by atoms with van der Waals surface area (Å²) in [5.74, 6) is 0.751. The van der Waals surface area contributed by atoms with Crippen molar-refractivity contribution >= 4 is 27.5 Å². The molecule has 0 bridgehead atoms. The molecule has 0 saturated heterocycles. The lowest BCUT2D eigenvalue weighted by molar-refractivity contribution is 0.435. The van der Waals surface area contributed by atoms with E-state index in [0.29, 0.717) is 5.75 Å². The molecular weight excluding hydrogens is 348 g/mol. The summed E-state index contributed by atoms with van der Waals surface area (Å²) in [6.07, 6.45) is 6.48. The first-order chi connectivity index (χ1) is 9.70. The quantitative estimate of drug-likeness (QED) is 0.720. The van der Waals surface area contributed by atoms with E-state index in [9.17, 15) is 0 Å². The van der Waals surface area contributed by atoms with E-state index in [1.54, 1.807) is 30.7 Å². The summed E-state index contributed by atoms with van der Waals surface area (Å²) in [5.41, 5.74) is 0. The maximum absolute atomic E-state index is 5.86. The standard InChI is InChI=1S/C11H6BrClN6O/c12-7-4-8(6-14-5-7)20-11-17-9(13)16-10(18-11)19-3-1-2-15-19/h1-6H. The molecule has 100 valence electrons. The smallest absolute Gasteiger partial charge is 0.328 e. The molecular formula is C11H6BrClN6O. The third-order valence-electron chi connectivity index (χ3n) is 2.17. The van der Waals surface area contributed by atoms with Crippen molar-refractivity contribution in [2.24, 2.45) is 0 Å². The third kappa shape index (κ3) is 2.91. The summed E-state index contributed by atoms with van der Waals surface area (Å²) in [4.78, 5) is 16.0. The lowest BCUT2D eigenvalue weighted by Crippen LogP contribution is -2.05. The molecule has 0 saturated carbocycles. The van der Waals surface area contributed by atoms with Gasteiger partial charge in [-0.15, -0.1) is 0 Å². The van der Waals surface area contributed by atoms with E-state index in [1.165, 1.54) is 10.9 Å². The van der Waals surface area contributed by atoms with Gasteiger partial charge in [-0.25, -0.2) is 4.68 Å². The van der Waals surface area contributed by atoms with Gasteiger partial charge in [0.1, 0.15) is 0 Å². The summed E-state index contributed by atoms with van der Waals surface area (Å²) in [7, 11) is 0. The van der Waals surface area contributed by atoms with Crippen LogP contribution in [0, 0.1) is 0 Å². The van der Waals surface area contributed by atoms with E-state index < -0.39 is 0 Å². The van der Waals surface area contributed by atoms with Gasteiger partial charge in [0.15, 0.2) is 5.75 Å². The van der Waals surface area contributed by atoms with Crippen LogP contribution in [-0.2, 0) is 0 Å². The predicted molar refractivity (Wildman–Crippen MR) is 74.0 cm³/mol. The molecule has 0 radical (unpaired) electrons. The molecule has 9 heteroatoms. The average Bonchev–Trinajstić information content (AvgIpc) is 2.91. The first-order valence-corrected chi connectivity index (χ1v) is 6.58. The Bertz CT molecular complexity index is 736. The average molecular weight is 354 g/mol.